The minimum Gasteiger partial charge on any atom is -0.481 e. The highest BCUT2D eigenvalue weighted by Crippen LogP contribution is 2.42. The van der Waals surface area contributed by atoms with Gasteiger partial charge in [-0.05, 0) is 67.2 Å². The molecule has 1 heterocycles. The summed E-state index contributed by atoms with van der Waals surface area (Å²) in [5.41, 5.74) is -0.223. The highest BCUT2D eigenvalue weighted by Gasteiger charge is 2.41. The molecular formula is C21H23F2NO3. The molecule has 6 heteroatoms. The van der Waals surface area contributed by atoms with Crippen LogP contribution in [0.3, 0.4) is 0 Å². The summed E-state index contributed by atoms with van der Waals surface area (Å²) in [6, 6.07) is 11.5. The van der Waals surface area contributed by atoms with Gasteiger partial charge in [0.1, 0.15) is 17.2 Å². The van der Waals surface area contributed by atoms with Crippen molar-refractivity contribution >= 4 is 5.97 Å². The molecule has 2 aromatic carbocycles. The first-order valence-electron chi connectivity index (χ1n) is 9.08. The Balaban J connectivity index is 1.86. The number of hydrogen-bond donors (Lipinski definition) is 2. The molecule has 0 aromatic heterocycles. The maximum Gasteiger partial charge on any atom is 0.304 e. The van der Waals surface area contributed by atoms with Gasteiger partial charge in [0.15, 0.2) is 0 Å². The molecule has 0 spiro atoms. The van der Waals surface area contributed by atoms with Crippen LogP contribution >= 0.6 is 0 Å². The van der Waals surface area contributed by atoms with E-state index < -0.39 is 11.6 Å². The lowest BCUT2D eigenvalue weighted by atomic mass is 9.72. The number of rotatable bonds is 6. The number of halogens is 2. The van der Waals surface area contributed by atoms with Crippen molar-refractivity contribution < 1.29 is 23.8 Å². The summed E-state index contributed by atoms with van der Waals surface area (Å²) in [6.45, 7) is 1.82. The SMILES string of the molecule is O=C(O)CCN1CCC(C(O)(c2ccc(F)cc2)c2ccc(F)cc2)CC1. The summed E-state index contributed by atoms with van der Waals surface area (Å²) < 4.78 is 26.8. The second kappa shape index (κ2) is 8.15. The van der Waals surface area contributed by atoms with Crippen LogP contribution < -0.4 is 0 Å². The van der Waals surface area contributed by atoms with Gasteiger partial charge in [-0.3, -0.25) is 4.79 Å². The van der Waals surface area contributed by atoms with Crippen LogP contribution in [-0.2, 0) is 10.4 Å². The van der Waals surface area contributed by atoms with Crippen molar-refractivity contribution in [3.05, 3.63) is 71.3 Å². The van der Waals surface area contributed by atoms with Gasteiger partial charge in [-0.15, -0.1) is 0 Å². The van der Waals surface area contributed by atoms with Gasteiger partial charge in [0, 0.05) is 6.54 Å². The second-order valence-corrected chi connectivity index (χ2v) is 7.04. The first kappa shape index (κ1) is 19.5. The molecule has 2 aromatic rings. The summed E-state index contributed by atoms with van der Waals surface area (Å²) in [6.07, 6.45) is 1.40. The van der Waals surface area contributed by atoms with Crippen molar-refractivity contribution in [1.82, 2.24) is 4.90 Å². The van der Waals surface area contributed by atoms with Crippen LogP contribution in [0, 0.1) is 17.6 Å². The third kappa shape index (κ3) is 4.34. The molecule has 0 bridgehead atoms. The normalized spacial score (nSPS) is 16.4. The zero-order valence-electron chi connectivity index (χ0n) is 14.9. The van der Waals surface area contributed by atoms with Crippen molar-refractivity contribution in [2.75, 3.05) is 19.6 Å². The highest BCUT2D eigenvalue weighted by molar-refractivity contribution is 5.66. The molecule has 1 fully saturated rings. The Labute approximate surface area is 157 Å². The molecule has 1 aliphatic rings. The minimum absolute atomic E-state index is 0.0882. The van der Waals surface area contributed by atoms with Gasteiger partial charge in [0.25, 0.3) is 0 Å². The van der Waals surface area contributed by atoms with Crippen LogP contribution in [0.5, 0.6) is 0 Å². The fourth-order valence-corrected chi connectivity index (χ4v) is 3.87. The highest BCUT2D eigenvalue weighted by atomic mass is 19.1. The standard InChI is InChI=1S/C21H23F2NO3/c22-18-5-1-15(2-6-18)21(27,16-3-7-19(23)8-4-16)17-9-12-24(13-10-17)14-11-20(25)26/h1-8,17,27H,9-14H2,(H,25,26). The van der Waals surface area contributed by atoms with Crippen molar-refractivity contribution in [2.45, 2.75) is 24.9 Å². The van der Waals surface area contributed by atoms with E-state index in [-0.39, 0.29) is 24.0 Å². The van der Waals surface area contributed by atoms with Crippen molar-refractivity contribution in [3.63, 3.8) is 0 Å². The molecule has 144 valence electrons. The predicted octanol–water partition coefficient (Wildman–Crippen LogP) is 3.39. The fourth-order valence-electron chi connectivity index (χ4n) is 3.87. The van der Waals surface area contributed by atoms with Gasteiger partial charge in [-0.1, -0.05) is 24.3 Å². The fraction of sp³-hybridized carbons (Fsp3) is 0.381. The van der Waals surface area contributed by atoms with Gasteiger partial charge in [-0.25, -0.2) is 8.78 Å². The lowest BCUT2D eigenvalue weighted by molar-refractivity contribution is -0.137. The van der Waals surface area contributed by atoms with E-state index in [0.717, 1.165) is 0 Å². The van der Waals surface area contributed by atoms with Crippen LogP contribution in [0.2, 0.25) is 0 Å². The van der Waals surface area contributed by atoms with Crippen LogP contribution in [0.4, 0.5) is 8.78 Å². The summed E-state index contributed by atoms with van der Waals surface area (Å²) >= 11 is 0. The molecule has 0 unspecified atom stereocenters. The van der Waals surface area contributed by atoms with E-state index in [1.165, 1.54) is 24.3 Å². The van der Waals surface area contributed by atoms with Gasteiger partial charge in [0.05, 0.1) is 6.42 Å². The molecule has 0 saturated carbocycles. The number of aliphatic carboxylic acids is 1. The van der Waals surface area contributed by atoms with Gasteiger partial charge >= 0.3 is 5.97 Å². The Hall–Kier alpha value is -2.31. The van der Waals surface area contributed by atoms with Gasteiger partial charge in [-0.2, -0.15) is 0 Å². The van der Waals surface area contributed by atoms with E-state index in [0.29, 0.717) is 43.6 Å². The van der Waals surface area contributed by atoms with Crippen LogP contribution in [0.25, 0.3) is 0 Å². The Morgan fingerprint density at radius 2 is 1.41 bits per heavy atom. The number of likely N-dealkylation sites (tertiary alicyclic amines) is 1. The first-order chi connectivity index (χ1) is 12.9. The van der Waals surface area contributed by atoms with E-state index >= 15 is 0 Å². The van der Waals surface area contributed by atoms with E-state index in [9.17, 15) is 18.7 Å². The molecular weight excluding hydrogens is 352 g/mol. The largest absolute Gasteiger partial charge is 0.481 e. The molecule has 1 saturated heterocycles. The molecule has 3 rings (SSSR count). The van der Waals surface area contributed by atoms with Crippen molar-refractivity contribution in [3.8, 4) is 0 Å². The number of nitrogens with zero attached hydrogens (tertiary/aromatic N) is 1. The third-order valence-corrected chi connectivity index (χ3v) is 5.39. The lowest BCUT2D eigenvalue weighted by Gasteiger charge is -2.42. The number of piperidine rings is 1. The zero-order chi connectivity index (χ0) is 19.4. The summed E-state index contributed by atoms with van der Waals surface area (Å²) in [5, 5.41) is 20.5. The van der Waals surface area contributed by atoms with Crippen LogP contribution in [-0.4, -0.2) is 40.7 Å². The number of hydrogen-bond acceptors (Lipinski definition) is 3. The average molecular weight is 375 g/mol. The Kier molecular flexibility index (Phi) is 5.87. The topological polar surface area (TPSA) is 60.8 Å². The lowest BCUT2D eigenvalue weighted by Crippen LogP contribution is -2.44. The quantitative estimate of drug-likeness (QED) is 0.813. The molecule has 2 N–H and O–H groups in total. The molecule has 27 heavy (non-hydrogen) atoms. The van der Waals surface area contributed by atoms with Crippen molar-refractivity contribution in [1.29, 1.82) is 0 Å². The smallest absolute Gasteiger partial charge is 0.304 e. The number of benzene rings is 2. The van der Waals surface area contributed by atoms with E-state index in [4.69, 9.17) is 5.11 Å². The second-order valence-electron chi connectivity index (χ2n) is 7.04. The molecule has 4 nitrogen and oxygen atoms in total. The van der Waals surface area contributed by atoms with Gasteiger partial charge in [0.2, 0.25) is 0 Å². The van der Waals surface area contributed by atoms with Crippen LogP contribution in [0.1, 0.15) is 30.4 Å². The number of carbonyl (C=O) groups is 1. The molecule has 0 amide bonds. The Morgan fingerprint density at radius 1 is 0.963 bits per heavy atom. The third-order valence-electron chi connectivity index (χ3n) is 5.39. The number of carboxylic acids is 1. The van der Waals surface area contributed by atoms with Crippen molar-refractivity contribution in [2.24, 2.45) is 5.92 Å². The van der Waals surface area contributed by atoms with Gasteiger partial charge < -0.3 is 15.1 Å². The maximum absolute atomic E-state index is 13.4. The Morgan fingerprint density at radius 3 is 1.81 bits per heavy atom. The maximum atomic E-state index is 13.4. The van der Waals surface area contributed by atoms with E-state index in [1.807, 2.05) is 0 Å². The predicted molar refractivity (Wildman–Crippen MR) is 97.2 cm³/mol. The summed E-state index contributed by atoms with van der Waals surface area (Å²) in [4.78, 5) is 12.8. The number of aliphatic hydroxyl groups is 1. The first-order valence-corrected chi connectivity index (χ1v) is 9.08. The molecule has 0 aliphatic carbocycles. The van der Waals surface area contributed by atoms with Crippen LogP contribution in [0.15, 0.2) is 48.5 Å². The molecule has 1 aliphatic heterocycles. The average Bonchev–Trinajstić information content (AvgIpc) is 2.67. The minimum atomic E-state index is -1.36. The summed E-state index contributed by atoms with van der Waals surface area (Å²) in [7, 11) is 0. The molecule has 0 atom stereocenters. The summed E-state index contributed by atoms with van der Waals surface area (Å²) in [5.74, 6) is -1.74. The molecule has 0 radical (unpaired) electrons. The number of carboxylic acid groups (broad SMARTS) is 1. The zero-order valence-corrected chi connectivity index (χ0v) is 14.9. The van der Waals surface area contributed by atoms with E-state index in [2.05, 4.69) is 4.90 Å². The Bertz CT molecular complexity index is 724. The monoisotopic (exact) mass is 375 g/mol. The van der Waals surface area contributed by atoms with E-state index in [1.54, 1.807) is 24.3 Å².